The van der Waals surface area contributed by atoms with Crippen molar-refractivity contribution >= 4 is 40.9 Å². The largest absolute Gasteiger partial charge is 0.493 e. The summed E-state index contributed by atoms with van der Waals surface area (Å²) >= 11 is 7.36. The summed E-state index contributed by atoms with van der Waals surface area (Å²) < 4.78 is 24.1. The summed E-state index contributed by atoms with van der Waals surface area (Å²) in [5.41, 5.74) is 1.86. The number of hydrogen-bond acceptors (Lipinski definition) is 9. The SMILES string of the molecule is COc1cc(/C=c2/sc3n(c2=O)[C@@H](c2ccc(Cl)cc2)C(C(=O)OC(C)C)=C(C)N=3)ccc1OCC(=O)N1CCOCC1. The van der Waals surface area contributed by atoms with Gasteiger partial charge in [0, 0.05) is 18.1 Å². The molecule has 10 nitrogen and oxygen atoms in total. The lowest BCUT2D eigenvalue weighted by atomic mass is 9.96. The Balaban J connectivity index is 1.49. The van der Waals surface area contributed by atoms with Crippen LogP contribution < -0.4 is 24.4 Å². The second-order valence-electron chi connectivity index (χ2n) is 10.3. The number of hydrogen-bond donors (Lipinski definition) is 0. The van der Waals surface area contributed by atoms with Crippen LogP contribution in [0.3, 0.4) is 0 Å². The van der Waals surface area contributed by atoms with Gasteiger partial charge in [0.05, 0.1) is 48.3 Å². The topological polar surface area (TPSA) is 109 Å². The number of carbonyl (C=O) groups excluding carboxylic acids is 2. The van der Waals surface area contributed by atoms with Gasteiger partial charge in [0.2, 0.25) is 0 Å². The first-order valence-corrected chi connectivity index (χ1v) is 15.0. The molecule has 1 saturated heterocycles. The minimum atomic E-state index is -0.740. The fraction of sp³-hybridized carbons (Fsp3) is 0.355. The molecule has 5 rings (SSSR count). The van der Waals surface area contributed by atoms with Crippen molar-refractivity contribution < 1.29 is 28.5 Å². The summed E-state index contributed by atoms with van der Waals surface area (Å²) in [7, 11) is 1.51. The van der Waals surface area contributed by atoms with E-state index in [9.17, 15) is 14.4 Å². The van der Waals surface area contributed by atoms with E-state index in [0.29, 0.717) is 74.6 Å². The molecule has 0 aliphatic carbocycles. The standard InChI is InChI=1S/C31H32ClN3O7S/c1-18(2)42-30(38)27-19(3)33-31-35(28(27)21-6-8-22(32)9-7-21)29(37)25(43-31)16-20-5-10-23(24(15-20)39-4)41-17-26(36)34-11-13-40-14-12-34/h5-10,15-16,18,28H,11-14,17H2,1-4H3/b25-16+/t28-/m0/s1. The minimum Gasteiger partial charge on any atom is -0.493 e. The van der Waals surface area contributed by atoms with Crippen LogP contribution >= 0.6 is 22.9 Å². The average Bonchev–Trinajstić information content (AvgIpc) is 3.29. The molecular weight excluding hydrogens is 594 g/mol. The normalized spacial score (nSPS) is 17.0. The van der Waals surface area contributed by atoms with Crippen molar-refractivity contribution in [3.05, 3.63) is 89.6 Å². The van der Waals surface area contributed by atoms with E-state index in [1.807, 2.05) is 0 Å². The Hall–Kier alpha value is -3.93. The minimum absolute atomic E-state index is 0.125. The Labute approximate surface area is 257 Å². The molecule has 226 valence electrons. The van der Waals surface area contributed by atoms with Crippen LogP contribution in [0.25, 0.3) is 6.08 Å². The van der Waals surface area contributed by atoms with E-state index in [4.69, 9.17) is 30.5 Å². The predicted octanol–water partition coefficient (Wildman–Crippen LogP) is 3.09. The van der Waals surface area contributed by atoms with Gasteiger partial charge in [0.15, 0.2) is 22.9 Å². The zero-order valence-electron chi connectivity index (χ0n) is 24.3. The molecule has 0 bridgehead atoms. The van der Waals surface area contributed by atoms with Crippen molar-refractivity contribution in [2.75, 3.05) is 40.0 Å². The van der Waals surface area contributed by atoms with Gasteiger partial charge in [0.25, 0.3) is 11.5 Å². The first-order valence-electron chi connectivity index (χ1n) is 13.8. The van der Waals surface area contributed by atoms with Crippen LogP contribution in [-0.4, -0.2) is 67.5 Å². The number of nitrogens with zero attached hydrogens (tertiary/aromatic N) is 3. The summed E-state index contributed by atoms with van der Waals surface area (Å²) in [5.74, 6) is 0.176. The van der Waals surface area contributed by atoms with Crippen LogP contribution in [0, 0.1) is 0 Å². The van der Waals surface area contributed by atoms with Crippen molar-refractivity contribution in [1.82, 2.24) is 9.47 Å². The molecule has 2 aromatic carbocycles. The Morgan fingerprint density at radius 1 is 1.14 bits per heavy atom. The second-order valence-corrected chi connectivity index (χ2v) is 11.7. The highest BCUT2D eigenvalue weighted by atomic mass is 35.5. The highest BCUT2D eigenvalue weighted by Gasteiger charge is 2.33. The molecule has 1 atom stereocenters. The van der Waals surface area contributed by atoms with E-state index < -0.39 is 12.0 Å². The third kappa shape index (κ3) is 6.69. The van der Waals surface area contributed by atoms with Gasteiger partial charge in [-0.2, -0.15) is 0 Å². The van der Waals surface area contributed by atoms with Gasteiger partial charge in [-0.3, -0.25) is 14.2 Å². The van der Waals surface area contributed by atoms with E-state index in [1.54, 1.807) is 74.2 Å². The molecule has 0 spiro atoms. The molecule has 12 heteroatoms. The van der Waals surface area contributed by atoms with Gasteiger partial charge < -0.3 is 23.8 Å². The molecule has 0 saturated carbocycles. The molecule has 0 radical (unpaired) electrons. The monoisotopic (exact) mass is 625 g/mol. The highest BCUT2D eigenvalue weighted by Crippen LogP contribution is 2.32. The van der Waals surface area contributed by atoms with Gasteiger partial charge in [0.1, 0.15) is 0 Å². The Morgan fingerprint density at radius 2 is 1.86 bits per heavy atom. The van der Waals surface area contributed by atoms with Gasteiger partial charge in [-0.15, -0.1) is 0 Å². The van der Waals surface area contributed by atoms with Gasteiger partial charge in [-0.1, -0.05) is 41.1 Å². The number of benzene rings is 2. The quantitative estimate of drug-likeness (QED) is 0.354. The number of fused-ring (bicyclic) bond motifs is 1. The number of methoxy groups -OCH3 is 1. The summed E-state index contributed by atoms with van der Waals surface area (Å²) in [4.78, 5) is 46.4. The third-order valence-corrected chi connectivity index (χ3v) is 8.21. The number of halogens is 1. The second kappa shape index (κ2) is 13.2. The van der Waals surface area contributed by atoms with Gasteiger partial charge >= 0.3 is 5.97 Å². The van der Waals surface area contributed by atoms with E-state index in [1.165, 1.54) is 23.0 Å². The first-order chi connectivity index (χ1) is 20.7. The molecule has 3 heterocycles. The summed E-state index contributed by atoms with van der Waals surface area (Å²) in [6, 6.07) is 11.5. The molecular formula is C31H32ClN3O7S. The third-order valence-electron chi connectivity index (χ3n) is 6.97. The maximum Gasteiger partial charge on any atom is 0.338 e. The van der Waals surface area contributed by atoms with E-state index in [-0.39, 0.29) is 24.2 Å². The number of rotatable bonds is 8. The van der Waals surface area contributed by atoms with E-state index >= 15 is 0 Å². The molecule has 0 N–H and O–H groups in total. The predicted molar refractivity (Wildman–Crippen MR) is 162 cm³/mol. The number of carbonyl (C=O) groups is 2. The van der Waals surface area contributed by atoms with Crippen LogP contribution in [0.5, 0.6) is 11.5 Å². The molecule has 2 aliphatic heterocycles. The number of ether oxygens (including phenoxy) is 4. The number of thiazole rings is 1. The van der Waals surface area contributed by atoms with Gasteiger partial charge in [-0.25, -0.2) is 9.79 Å². The number of allylic oxidation sites excluding steroid dienone is 1. The Kier molecular flexibility index (Phi) is 9.34. The number of esters is 1. The zero-order chi connectivity index (χ0) is 30.7. The summed E-state index contributed by atoms with van der Waals surface area (Å²) in [6.45, 7) is 7.25. The molecule has 43 heavy (non-hydrogen) atoms. The summed E-state index contributed by atoms with van der Waals surface area (Å²) in [6.07, 6.45) is 1.39. The highest BCUT2D eigenvalue weighted by molar-refractivity contribution is 7.07. The number of morpholine rings is 1. The van der Waals surface area contributed by atoms with Crippen molar-refractivity contribution in [2.45, 2.75) is 32.9 Å². The van der Waals surface area contributed by atoms with Crippen LogP contribution in [0.4, 0.5) is 0 Å². The molecule has 3 aromatic rings. The Bertz CT molecular complexity index is 1740. The fourth-order valence-corrected chi connectivity index (χ4v) is 6.08. The lowest BCUT2D eigenvalue weighted by Crippen LogP contribution is -2.43. The van der Waals surface area contributed by atoms with Crippen molar-refractivity contribution in [3.8, 4) is 11.5 Å². The Morgan fingerprint density at radius 3 is 2.53 bits per heavy atom. The van der Waals surface area contributed by atoms with E-state index in [0.717, 1.165) is 0 Å². The lowest BCUT2D eigenvalue weighted by Gasteiger charge is -2.26. The van der Waals surface area contributed by atoms with E-state index in [2.05, 4.69) is 4.99 Å². The first kappa shape index (κ1) is 30.5. The molecule has 1 aromatic heterocycles. The smallest absolute Gasteiger partial charge is 0.338 e. The van der Waals surface area contributed by atoms with Crippen molar-refractivity contribution in [2.24, 2.45) is 4.99 Å². The van der Waals surface area contributed by atoms with Gasteiger partial charge in [-0.05, 0) is 62.2 Å². The van der Waals surface area contributed by atoms with Crippen molar-refractivity contribution in [3.63, 3.8) is 0 Å². The van der Waals surface area contributed by atoms with Crippen LogP contribution in [0.2, 0.25) is 5.02 Å². The van der Waals surface area contributed by atoms with Crippen LogP contribution in [0.1, 0.15) is 37.9 Å². The number of amides is 1. The molecule has 1 fully saturated rings. The van der Waals surface area contributed by atoms with Crippen LogP contribution in [0.15, 0.2) is 63.5 Å². The fourth-order valence-electron chi connectivity index (χ4n) is 4.91. The lowest BCUT2D eigenvalue weighted by molar-refractivity contribution is -0.143. The molecule has 2 aliphatic rings. The molecule has 0 unspecified atom stereocenters. The summed E-state index contributed by atoms with van der Waals surface area (Å²) in [5, 5.41) is 0.537. The molecule has 1 amide bonds. The maximum absolute atomic E-state index is 13.9. The maximum atomic E-state index is 13.9. The number of aromatic nitrogens is 1. The average molecular weight is 626 g/mol. The zero-order valence-corrected chi connectivity index (χ0v) is 25.9. The van der Waals surface area contributed by atoms with Crippen LogP contribution in [-0.2, 0) is 19.1 Å². The van der Waals surface area contributed by atoms with Crippen molar-refractivity contribution in [1.29, 1.82) is 0 Å².